The van der Waals surface area contributed by atoms with Crippen molar-refractivity contribution in [2.45, 2.75) is 38.8 Å². The summed E-state index contributed by atoms with van der Waals surface area (Å²) in [5, 5.41) is 2.73. The maximum Gasteiger partial charge on any atom is 0.318 e. The zero-order valence-electron chi connectivity index (χ0n) is 21.0. The summed E-state index contributed by atoms with van der Waals surface area (Å²) in [6.45, 7) is 11.2. The molecule has 0 radical (unpaired) electrons. The van der Waals surface area contributed by atoms with Crippen LogP contribution in [0.15, 0.2) is 56.2 Å². The highest BCUT2D eigenvalue weighted by Gasteiger charge is 2.25. The molecule has 1 unspecified atom stereocenters. The molecule has 3 aromatic rings. The molecule has 10 heteroatoms. The van der Waals surface area contributed by atoms with E-state index in [-0.39, 0.29) is 6.03 Å². The van der Waals surface area contributed by atoms with Crippen molar-refractivity contribution in [3.05, 3.63) is 61.9 Å². The van der Waals surface area contributed by atoms with E-state index in [0.717, 1.165) is 0 Å². The Morgan fingerprint density at radius 3 is 2.81 bits per heavy atom. The number of aromatic nitrogens is 4. The van der Waals surface area contributed by atoms with Crippen LogP contribution in [0.4, 0.5) is 9.18 Å². The number of halogens is 1. The first-order valence-electron chi connectivity index (χ1n) is 11.8. The largest absolute Gasteiger partial charge is 0.494 e. The Kier molecular flexibility index (Phi) is 9.38. The Morgan fingerprint density at radius 2 is 2.14 bits per heavy atom. The molecule has 36 heavy (non-hydrogen) atoms. The number of ether oxygens (including phenoxy) is 2. The fraction of sp³-hybridized carbons (Fsp3) is 0.385. The molecule has 2 amide bonds. The van der Waals surface area contributed by atoms with Gasteiger partial charge in [0.2, 0.25) is 5.65 Å². The Bertz CT molecular complexity index is 1200. The summed E-state index contributed by atoms with van der Waals surface area (Å²) in [5.74, 6) is 0.910. The Morgan fingerprint density at radius 1 is 1.33 bits per heavy atom. The number of methoxy groups -OCH3 is 1. The lowest BCUT2D eigenvalue weighted by molar-refractivity contribution is 0.175. The van der Waals surface area contributed by atoms with Crippen LogP contribution >= 0.6 is 0 Å². The normalized spacial score (nSPS) is 12.6. The molecule has 0 bridgehead atoms. The first kappa shape index (κ1) is 26.7. The second kappa shape index (κ2) is 12.7. The van der Waals surface area contributed by atoms with E-state index in [1.165, 1.54) is 0 Å². The average molecular weight is 497 g/mol. The second-order valence-corrected chi connectivity index (χ2v) is 8.11. The first-order valence-corrected chi connectivity index (χ1v) is 11.8. The average Bonchev–Trinajstić information content (AvgIpc) is 3.37. The van der Waals surface area contributed by atoms with Crippen LogP contribution in [0.25, 0.3) is 16.9 Å². The van der Waals surface area contributed by atoms with Crippen LogP contribution in [-0.2, 0) is 0 Å². The lowest BCUT2D eigenvalue weighted by Gasteiger charge is -2.29. The number of rotatable bonds is 13. The van der Waals surface area contributed by atoms with Crippen LogP contribution in [0.2, 0.25) is 0 Å². The molecular weight excluding hydrogens is 463 g/mol. The summed E-state index contributed by atoms with van der Waals surface area (Å²) < 4.78 is 26.6. The van der Waals surface area contributed by atoms with Crippen molar-refractivity contribution in [1.82, 2.24) is 29.6 Å². The lowest BCUT2D eigenvalue weighted by Crippen LogP contribution is -2.46. The number of nitrogens with one attached hydrogen (secondary N) is 1. The molecule has 0 saturated carbocycles. The second-order valence-electron chi connectivity index (χ2n) is 8.11. The minimum absolute atomic E-state index is 0.346. The number of imidazole rings is 1. The lowest BCUT2D eigenvalue weighted by atomic mass is 10.1. The van der Waals surface area contributed by atoms with Gasteiger partial charge in [0.05, 0.1) is 43.4 Å². The van der Waals surface area contributed by atoms with Crippen molar-refractivity contribution in [2.24, 2.45) is 0 Å². The molecule has 3 aromatic heterocycles. The summed E-state index contributed by atoms with van der Waals surface area (Å²) in [6.07, 6.45) is 11.3. The van der Waals surface area contributed by atoms with Crippen LogP contribution in [0.3, 0.4) is 0 Å². The quantitative estimate of drug-likeness (QED) is 0.271. The zero-order valence-corrected chi connectivity index (χ0v) is 21.0. The molecule has 0 aliphatic carbocycles. The van der Waals surface area contributed by atoms with Crippen molar-refractivity contribution in [3.63, 3.8) is 0 Å². The van der Waals surface area contributed by atoms with Gasteiger partial charge in [-0.25, -0.2) is 19.2 Å². The highest BCUT2D eigenvalue weighted by molar-refractivity contribution is 5.75. The molecule has 0 spiro atoms. The van der Waals surface area contributed by atoms with Gasteiger partial charge in [0.25, 0.3) is 5.88 Å². The molecule has 9 nitrogen and oxygen atoms in total. The number of hydrogen-bond donors (Lipinski definition) is 1. The minimum atomic E-state index is -0.672. The number of amides is 2. The number of urea groups is 1. The van der Waals surface area contributed by atoms with Crippen LogP contribution in [-0.4, -0.2) is 63.3 Å². The van der Waals surface area contributed by atoms with Gasteiger partial charge in [-0.2, -0.15) is 0 Å². The van der Waals surface area contributed by atoms with Gasteiger partial charge in [0.15, 0.2) is 0 Å². The van der Waals surface area contributed by atoms with E-state index < -0.39 is 18.8 Å². The van der Waals surface area contributed by atoms with E-state index in [4.69, 9.17) is 14.5 Å². The van der Waals surface area contributed by atoms with Crippen LogP contribution in [0.5, 0.6) is 11.6 Å². The number of alkyl halides is 1. The van der Waals surface area contributed by atoms with Gasteiger partial charge >= 0.3 is 6.03 Å². The van der Waals surface area contributed by atoms with E-state index in [1.54, 1.807) is 36.6 Å². The fourth-order valence-corrected chi connectivity index (χ4v) is 3.79. The van der Waals surface area contributed by atoms with Crippen molar-refractivity contribution in [3.8, 4) is 22.9 Å². The predicted molar refractivity (Wildman–Crippen MR) is 137 cm³/mol. The molecule has 3 heterocycles. The first-order chi connectivity index (χ1) is 17.5. The topological polar surface area (TPSA) is 93.9 Å². The number of carbonyl (C=O) groups is 1. The summed E-state index contributed by atoms with van der Waals surface area (Å²) in [5.41, 5.74) is 2.51. The van der Waals surface area contributed by atoms with Gasteiger partial charge in [0.1, 0.15) is 12.4 Å². The van der Waals surface area contributed by atoms with E-state index in [0.29, 0.717) is 60.2 Å². The Hall–Kier alpha value is -3.95. The molecule has 0 aliphatic rings. The van der Waals surface area contributed by atoms with Gasteiger partial charge in [-0.3, -0.25) is 4.98 Å². The summed E-state index contributed by atoms with van der Waals surface area (Å²) in [7, 11) is 1.56. The molecule has 0 saturated heterocycles. The molecule has 0 fully saturated rings. The van der Waals surface area contributed by atoms with Crippen molar-refractivity contribution in [1.29, 1.82) is 0 Å². The van der Waals surface area contributed by atoms with Crippen molar-refractivity contribution in [2.75, 3.05) is 26.9 Å². The highest BCUT2D eigenvalue weighted by Crippen LogP contribution is 2.33. The highest BCUT2D eigenvalue weighted by atomic mass is 19.1. The third kappa shape index (κ3) is 5.99. The molecule has 3 rings (SSSR count). The van der Waals surface area contributed by atoms with Gasteiger partial charge in [-0.15, -0.1) is 13.2 Å². The molecule has 1 N–H and O–H groups in total. The minimum Gasteiger partial charge on any atom is -0.494 e. The van der Waals surface area contributed by atoms with Gasteiger partial charge in [-0.05, 0) is 32.8 Å². The standard InChI is InChI=1S/C26H33FN6O3/c1-6-9-13-36-25-24-28-11-12-32(24)17-22(31-25)20-14-21(29-16-23(20)35-5)18(4)33(8-3)26(34)30-19(15-27)10-7-2/h6-7,11-12,14,16-19H,1-2,8-10,13,15H2,3-5H3,(H,30,34)/t18-,19?/m1/s1. The monoisotopic (exact) mass is 496 g/mol. The van der Waals surface area contributed by atoms with Crippen molar-refractivity contribution >= 4 is 11.7 Å². The Balaban J connectivity index is 1.97. The van der Waals surface area contributed by atoms with E-state index in [9.17, 15) is 9.18 Å². The summed E-state index contributed by atoms with van der Waals surface area (Å²) >= 11 is 0. The van der Waals surface area contributed by atoms with Crippen LogP contribution < -0.4 is 14.8 Å². The maximum atomic E-state index is 13.3. The number of nitrogens with zero attached hydrogens (tertiary/aromatic N) is 5. The molecular formula is C26H33FN6O3. The van der Waals surface area contributed by atoms with Gasteiger partial charge < -0.3 is 24.1 Å². The molecule has 0 aromatic carbocycles. The van der Waals surface area contributed by atoms with Gasteiger partial charge in [-0.1, -0.05) is 12.2 Å². The third-order valence-electron chi connectivity index (χ3n) is 5.75. The number of pyridine rings is 1. The van der Waals surface area contributed by atoms with Gasteiger partial charge in [0, 0.05) is 30.7 Å². The van der Waals surface area contributed by atoms with Crippen molar-refractivity contribution < 1.29 is 18.7 Å². The van der Waals surface area contributed by atoms with Crippen LogP contribution in [0.1, 0.15) is 38.4 Å². The smallest absolute Gasteiger partial charge is 0.318 e. The fourth-order valence-electron chi connectivity index (χ4n) is 3.79. The Labute approximate surface area is 210 Å². The van der Waals surface area contributed by atoms with E-state index in [1.807, 2.05) is 36.7 Å². The number of fused-ring (bicyclic) bond motifs is 1. The van der Waals surface area contributed by atoms with E-state index in [2.05, 4.69) is 28.4 Å². The summed E-state index contributed by atoms with van der Waals surface area (Å²) in [4.78, 5) is 28.1. The predicted octanol–water partition coefficient (Wildman–Crippen LogP) is 4.76. The van der Waals surface area contributed by atoms with Crippen LogP contribution in [0, 0.1) is 0 Å². The molecule has 192 valence electrons. The SMILES string of the molecule is C=CCCOc1nc(-c2cc([C@@H](C)N(CC)C(=O)NC(CF)CC=C)ncc2OC)cn2ccnc12. The number of hydrogen-bond acceptors (Lipinski definition) is 6. The molecule has 2 atom stereocenters. The maximum absolute atomic E-state index is 13.3. The molecule has 0 aliphatic heterocycles. The zero-order chi connectivity index (χ0) is 26.1. The summed E-state index contributed by atoms with van der Waals surface area (Å²) in [6, 6.07) is 0.448. The van der Waals surface area contributed by atoms with E-state index >= 15 is 0 Å². The third-order valence-corrected chi connectivity index (χ3v) is 5.75. The number of carbonyl (C=O) groups excluding carboxylic acids is 1.